The molecule has 2 aliphatic rings. The maximum Gasteiger partial charge on any atom is 0.163 e. The highest BCUT2D eigenvalue weighted by molar-refractivity contribution is 9.10. The first-order valence-corrected chi connectivity index (χ1v) is 6.46. The second kappa shape index (κ2) is 3.47. The predicted molar refractivity (Wildman–Crippen MR) is 58.5 cm³/mol. The summed E-state index contributed by atoms with van der Waals surface area (Å²) >= 11 is 7.30. The summed E-state index contributed by atoms with van der Waals surface area (Å²) in [5, 5.41) is 0. The number of halogens is 2. The first-order valence-electron chi connectivity index (χ1n) is 4.63. The summed E-state index contributed by atoms with van der Waals surface area (Å²) in [6, 6.07) is 0. The minimum atomic E-state index is -0.419. The van der Waals surface area contributed by atoms with Crippen LogP contribution in [0.5, 0.6) is 0 Å². The molecule has 0 bridgehead atoms. The zero-order chi connectivity index (χ0) is 9.64. The first kappa shape index (κ1) is 10.4. The van der Waals surface area contributed by atoms with Crippen LogP contribution in [0.15, 0.2) is 0 Å². The van der Waals surface area contributed by atoms with Gasteiger partial charge in [0.1, 0.15) is 12.2 Å². The number of ether oxygens (including phenoxy) is 2. The van der Waals surface area contributed by atoms with Gasteiger partial charge in [-0.1, -0.05) is 31.9 Å². The van der Waals surface area contributed by atoms with Crippen molar-refractivity contribution >= 4 is 31.9 Å². The summed E-state index contributed by atoms with van der Waals surface area (Å²) in [5.41, 5.74) is 0. The summed E-state index contributed by atoms with van der Waals surface area (Å²) in [5.74, 6) is -0.419. The molecule has 1 saturated carbocycles. The SMILES string of the molecule is CC1(C)O[C@@H]2[C@H](O1)[C@@H](Br)CC[C@H]2Br. The van der Waals surface area contributed by atoms with E-state index in [4.69, 9.17) is 9.47 Å². The standard InChI is InChI=1S/C9H14Br2O2/c1-9(2)12-7-5(10)3-4-6(11)8(7)13-9/h5-8H,3-4H2,1-2H3/t5-,6+,7+,8-. The summed E-state index contributed by atoms with van der Waals surface area (Å²) in [7, 11) is 0. The number of rotatable bonds is 0. The second-order valence-corrected chi connectivity index (χ2v) is 6.53. The average molecular weight is 314 g/mol. The molecule has 1 saturated heterocycles. The Kier molecular flexibility index (Phi) is 2.78. The Bertz CT molecular complexity index is 188. The molecule has 1 aliphatic heterocycles. The summed E-state index contributed by atoms with van der Waals surface area (Å²) in [4.78, 5) is 0.876. The van der Waals surface area contributed by atoms with E-state index in [-0.39, 0.29) is 12.2 Å². The van der Waals surface area contributed by atoms with Gasteiger partial charge >= 0.3 is 0 Å². The molecule has 1 aliphatic carbocycles. The number of hydrogen-bond donors (Lipinski definition) is 0. The molecule has 0 aromatic rings. The van der Waals surface area contributed by atoms with Gasteiger partial charge in [-0.2, -0.15) is 0 Å². The van der Waals surface area contributed by atoms with Crippen molar-refractivity contribution in [2.24, 2.45) is 0 Å². The Morgan fingerprint density at radius 3 is 1.77 bits per heavy atom. The Balaban J connectivity index is 2.14. The molecule has 0 spiro atoms. The van der Waals surface area contributed by atoms with E-state index < -0.39 is 5.79 Å². The van der Waals surface area contributed by atoms with Crippen LogP contribution in [-0.2, 0) is 9.47 Å². The Labute approximate surface area is 95.6 Å². The molecule has 13 heavy (non-hydrogen) atoms. The third kappa shape index (κ3) is 1.96. The van der Waals surface area contributed by atoms with Crippen molar-refractivity contribution < 1.29 is 9.47 Å². The van der Waals surface area contributed by atoms with E-state index in [9.17, 15) is 0 Å². The molecule has 0 aromatic carbocycles. The topological polar surface area (TPSA) is 18.5 Å². The Morgan fingerprint density at radius 1 is 1.00 bits per heavy atom. The highest BCUT2D eigenvalue weighted by atomic mass is 79.9. The van der Waals surface area contributed by atoms with Crippen molar-refractivity contribution in [2.45, 2.75) is 54.3 Å². The van der Waals surface area contributed by atoms with E-state index in [0.717, 1.165) is 12.8 Å². The van der Waals surface area contributed by atoms with Crippen LogP contribution in [0.1, 0.15) is 26.7 Å². The zero-order valence-corrected chi connectivity index (χ0v) is 11.0. The molecule has 0 unspecified atom stereocenters. The van der Waals surface area contributed by atoms with Crippen LogP contribution in [0, 0.1) is 0 Å². The minimum Gasteiger partial charge on any atom is -0.343 e. The maximum atomic E-state index is 5.84. The van der Waals surface area contributed by atoms with Gasteiger partial charge in [-0.25, -0.2) is 0 Å². The van der Waals surface area contributed by atoms with Crippen molar-refractivity contribution in [2.75, 3.05) is 0 Å². The van der Waals surface area contributed by atoms with E-state index in [1.807, 2.05) is 13.8 Å². The fraction of sp³-hybridized carbons (Fsp3) is 1.00. The lowest BCUT2D eigenvalue weighted by atomic mass is 9.95. The Hall–Kier alpha value is 0.880. The zero-order valence-electron chi connectivity index (χ0n) is 7.80. The molecule has 0 amide bonds. The van der Waals surface area contributed by atoms with E-state index in [1.54, 1.807) is 0 Å². The molecule has 76 valence electrons. The van der Waals surface area contributed by atoms with Gasteiger partial charge < -0.3 is 9.47 Å². The molecule has 4 atom stereocenters. The smallest absolute Gasteiger partial charge is 0.163 e. The molecule has 4 heteroatoms. The molecule has 0 N–H and O–H groups in total. The van der Waals surface area contributed by atoms with Gasteiger partial charge in [0.05, 0.1) is 0 Å². The van der Waals surface area contributed by atoms with Crippen LogP contribution in [0.4, 0.5) is 0 Å². The molecular weight excluding hydrogens is 300 g/mol. The average Bonchev–Trinajstić information content (AvgIpc) is 2.35. The lowest BCUT2D eigenvalue weighted by Gasteiger charge is -2.31. The van der Waals surface area contributed by atoms with Crippen LogP contribution >= 0.6 is 31.9 Å². The van der Waals surface area contributed by atoms with Crippen LogP contribution in [0.2, 0.25) is 0 Å². The first-order chi connectivity index (χ1) is 5.99. The highest BCUT2D eigenvalue weighted by Crippen LogP contribution is 2.41. The molecule has 2 rings (SSSR count). The van der Waals surface area contributed by atoms with Crippen LogP contribution < -0.4 is 0 Å². The van der Waals surface area contributed by atoms with Crippen molar-refractivity contribution in [3.63, 3.8) is 0 Å². The normalized spacial score (nSPS) is 48.9. The van der Waals surface area contributed by atoms with E-state index in [2.05, 4.69) is 31.9 Å². The molecular formula is C9H14Br2O2. The van der Waals surface area contributed by atoms with E-state index in [1.165, 1.54) is 0 Å². The van der Waals surface area contributed by atoms with Gasteiger partial charge in [0, 0.05) is 9.65 Å². The molecule has 2 nitrogen and oxygen atoms in total. The number of alkyl halides is 2. The van der Waals surface area contributed by atoms with Crippen LogP contribution in [0.3, 0.4) is 0 Å². The summed E-state index contributed by atoms with van der Waals surface area (Å²) in [6.07, 6.45) is 2.70. The maximum absolute atomic E-state index is 5.84. The highest BCUT2D eigenvalue weighted by Gasteiger charge is 2.49. The van der Waals surface area contributed by atoms with Gasteiger partial charge in [-0.3, -0.25) is 0 Å². The second-order valence-electron chi connectivity index (χ2n) is 4.17. The van der Waals surface area contributed by atoms with Gasteiger partial charge in [-0.05, 0) is 26.7 Å². The summed E-state index contributed by atoms with van der Waals surface area (Å²) < 4.78 is 11.7. The van der Waals surface area contributed by atoms with Crippen molar-refractivity contribution in [1.82, 2.24) is 0 Å². The molecule has 1 heterocycles. The summed E-state index contributed by atoms with van der Waals surface area (Å²) in [6.45, 7) is 3.95. The van der Waals surface area contributed by atoms with Crippen LogP contribution in [-0.4, -0.2) is 27.6 Å². The minimum absolute atomic E-state index is 0.202. The van der Waals surface area contributed by atoms with Gasteiger partial charge in [0.25, 0.3) is 0 Å². The lowest BCUT2D eigenvalue weighted by Crippen LogP contribution is -2.42. The fourth-order valence-corrected chi connectivity index (χ4v) is 3.37. The third-order valence-electron chi connectivity index (χ3n) is 2.59. The van der Waals surface area contributed by atoms with Gasteiger partial charge in [0.15, 0.2) is 5.79 Å². The fourth-order valence-electron chi connectivity index (χ4n) is 2.02. The predicted octanol–water partition coefficient (Wildman–Crippen LogP) is 2.83. The van der Waals surface area contributed by atoms with Gasteiger partial charge in [-0.15, -0.1) is 0 Å². The number of hydrogen-bond acceptors (Lipinski definition) is 2. The van der Waals surface area contributed by atoms with Crippen LogP contribution in [0.25, 0.3) is 0 Å². The largest absolute Gasteiger partial charge is 0.343 e. The van der Waals surface area contributed by atoms with Crippen molar-refractivity contribution in [3.8, 4) is 0 Å². The number of fused-ring (bicyclic) bond motifs is 1. The van der Waals surface area contributed by atoms with Crippen molar-refractivity contribution in [1.29, 1.82) is 0 Å². The van der Waals surface area contributed by atoms with E-state index >= 15 is 0 Å². The monoisotopic (exact) mass is 312 g/mol. The molecule has 0 aromatic heterocycles. The van der Waals surface area contributed by atoms with E-state index in [0.29, 0.717) is 9.65 Å². The van der Waals surface area contributed by atoms with Crippen molar-refractivity contribution in [3.05, 3.63) is 0 Å². The molecule has 2 fully saturated rings. The lowest BCUT2D eigenvalue weighted by molar-refractivity contribution is -0.144. The molecule has 0 radical (unpaired) electrons. The Morgan fingerprint density at radius 2 is 1.38 bits per heavy atom. The van der Waals surface area contributed by atoms with Gasteiger partial charge in [0.2, 0.25) is 0 Å². The third-order valence-corrected chi connectivity index (χ3v) is 4.55. The quantitative estimate of drug-likeness (QED) is 0.640.